The van der Waals surface area contributed by atoms with Gasteiger partial charge in [-0.25, -0.2) is 4.98 Å². The van der Waals surface area contributed by atoms with Crippen LogP contribution in [0.5, 0.6) is 5.75 Å². The van der Waals surface area contributed by atoms with E-state index < -0.39 is 0 Å². The van der Waals surface area contributed by atoms with Gasteiger partial charge in [-0.3, -0.25) is 4.79 Å². The van der Waals surface area contributed by atoms with Gasteiger partial charge in [-0.05, 0) is 60.6 Å². The minimum atomic E-state index is 0.0245. The highest BCUT2D eigenvalue weighted by Crippen LogP contribution is 2.35. The van der Waals surface area contributed by atoms with Crippen molar-refractivity contribution in [1.29, 1.82) is 0 Å². The number of aromatic nitrogens is 1. The number of benzene rings is 2. The molecule has 0 saturated carbocycles. The fourth-order valence-electron chi connectivity index (χ4n) is 4.15. The molecule has 4 rings (SSSR count). The van der Waals surface area contributed by atoms with E-state index in [-0.39, 0.29) is 11.5 Å². The summed E-state index contributed by atoms with van der Waals surface area (Å²) in [4.78, 5) is 17.8. The second-order valence-corrected chi connectivity index (χ2v) is 8.83. The van der Waals surface area contributed by atoms with Crippen molar-refractivity contribution in [3.8, 4) is 5.75 Å². The van der Waals surface area contributed by atoms with Gasteiger partial charge in [-0.1, -0.05) is 44.9 Å². The van der Waals surface area contributed by atoms with Crippen molar-refractivity contribution in [2.24, 2.45) is 5.92 Å². The van der Waals surface area contributed by atoms with Crippen molar-refractivity contribution in [3.05, 3.63) is 70.9 Å². The fraction of sp³-hybridized carbons (Fsp3) is 0.333. The Morgan fingerprint density at radius 1 is 1.16 bits per heavy atom. The van der Waals surface area contributed by atoms with Gasteiger partial charge in [0.25, 0.3) is 0 Å². The second-order valence-electron chi connectivity index (χ2n) is 8.83. The lowest BCUT2D eigenvalue weighted by Gasteiger charge is -2.15. The van der Waals surface area contributed by atoms with Crippen LogP contribution in [0.15, 0.2) is 48.7 Å². The molecule has 5 heteroatoms. The first-order chi connectivity index (χ1) is 15.4. The minimum absolute atomic E-state index is 0.0245. The number of pyridine rings is 1. The Morgan fingerprint density at radius 2 is 2.00 bits per heavy atom. The molecule has 166 valence electrons. The summed E-state index contributed by atoms with van der Waals surface area (Å²) in [5.41, 5.74) is 6.18. The highest BCUT2D eigenvalue weighted by Gasteiger charge is 2.24. The number of Topliss-reactive ketones (excluding diaryl/α,β-unsaturated/α-hetero) is 1. The van der Waals surface area contributed by atoms with Crippen molar-refractivity contribution in [1.82, 2.24) is 4.98 Å². The summed E-state index contributed by atoms with van der Waals surface area (Å²) in [6.07, 6.45) is 6.65. The fourth-order valence-corrected chi connectivity index (χ4v) is 4.15. The number of phenolic OH excluding ortho intramolecular Hbond substituents is 1. The van der Waals surface area contributed by atoms with Crippen LogP contribution in [0.1, 0.15) is 60.2 Å². The zero-order valence-corrected chi connectivity index (χ0v) is 19.0. The Bertz CT molecular complexity index is 1140. The molecule has 5 nitrogen and oxygen atoms in total. The Hall–Kier alpha value is -3.34. The molecule has 1 aliphatic rings. The molecule has 1 aliphatic heterocycles. The molecule has 2 heterocycles. The monoisotopic (exact) mass is 429 g/mol. The first-order valence-electron chi connectivity index (χ1n) is 11.4. The quantitative estimate of drug-likeness (QED) is 0.390. The Kier molecular flexibility index (Phi) is 6.45. The van der Waals surface area contributed by atoms with Gasteiger partial charge in [-0.2, -0.15) is 0 Å². The number of nitrogens with zero attached hydrogens (tertiary/aromatic N) is 1. The van der Waals surface area contributed by atoms with Crippen molar-refractivity contribution in [3.63, 3.8) is 0 Å². The van der Waals surface area contributed by atoms with Gasteiger partial charge in [0.2, 0.25) is 0 Å². The molecule has 0 saturated heterocycles. The summed E-state index contributed by atoms with van der Waals surface area (Å²) in [5, 5.41) is 16.6. The molecule has 1 unspecified atom stereocenters. The van der Waals surface area contributed by atoms with E-state index in [1.165, 1.54) is 18.4 Å². The Morgan fingerprint density at radius 3 is 2.81 bits per heavy atom. The van der Waals surface area contributed by atoms with Crippen molar-refractivity contribution in [2.75, 3.05) is 10.6 Å². The number of aryl methyl sites for hydroxylation is 2. The highest BCUT2D eigenvalue weighted by atomic mass is 16.3. The first kappa shape index (κ1) is 21.9. The van der Waals surface area contributed by atoms with Gasteiger partial charge < -0.3 is 15.7 Å². The number of nitrogens with one attached hydrogen (secondary N) is 2. The van der Waals surface area contributed by atoms with Crippen LogP contribution in [0.2, 0.25) is 0 Å². The first-order valence-corrected chi connectivity index (χ1v) is 11.4. The van der Waals surface area contributed by atoms with Crippen LogP contribution >= 0.6 is 0 Å². The van der Waals surface area contributed by atoms with E-state index >= 15 is 0 Å². The smallest absolute Gasteiger partial charge is 0.173 e. The molecule has 0 fully saturated rings. The van der Waals surface area contributed by atoms with Gasteiger partial charge >= 0.3 is 0 Å². The van der Waals surface area contributed by atoms with E-state index in [1.807, 2.05) is 13.0 Å². The number of fused-ring (bicyclic) bond motifs is 2. The van der Waals surface area contributed by atoms with E-state index in [4.69, 9.17) is 0 Å². The van der Waals surface area contributed by atoms with Crippen LogP contribution < -0.4 is 10.6 Å². The van der Waals surface area contributed by atoms with Crippen LogP contribution in [0, 0.1) is 12.8 Å². The van der Waals surface area contributed by atoms with E-state index in [9.17, 15) is 9.90 Å². The van der Waals surface area contributed by atoms with Crippen molar-refractivity contribution < 1.29 is 9.90 Å². The third-order valence-electron chi connectivity index (χ3n) is 6.35. The molecule has 32 heavy (non-hydrogen) atoms. The molecule has 0 aliphatic carbocycles. The molecule has 3 aromatic rings. The van der Waals surface area contributed by atoms with E-state index in [0.29, 0.717) is 23.5 Å². The summed E-state index contributed by atoms with van der Waals surface area (Å²) in [6, 6.07) is 13.3. The Balaban J connectivity index is 1.59. The van der Waals surface area contributed by atoms with Crippen LogP contribution in [0.25, 0.3) is 0 Å². The van der Waals surface area contributed by atoms with Gasteiger partial charge in [0, 0.05) is 30.1 Å². The topological polar surface area (TPSA) is 74.2 Å². The SMILES string of the molecule is CCC(C)CCCc1ccc2c(c1)CC(=O)c1c(Nc3cc(O)ccc3C)ccnc1N2. The molecular weight excluding hydrogens is 398 g/mol. The number of carbonyl (C=O) groups excluding carboxylic acids is 1. The standard InChI is InChI=1S/C27H31N3O2/c1-4-17(2)6-5-7-19-9-11-22-20(14-19)15-25(32)26-23(12-13-28-27(26)30-22)29-24-16-21(31)10-8-18(24)3/h8-14,16-17,31H,4-7,15H2,1-3H3,(H2,28,29,30). The molecule has 3 N–H and O–H groups in total. The molecule has 0 spiro atoms. The van der Waals surface area contributed by atoms with Gasteiger partial charge in [-0.15, -0.1) is 0 Å². The molecule has 0 amide bonds. The van der Waals surface area contributed by atoms with Gasteiger partial charge in [0.1, 0.15) is 11.6 Å². The predicted octanol–water partition coefficient (Wildman–Crippen LogP) is 6.69. The van der Waals surface area contributed by atoms with E-state index in [1.54, 1.807) is 24.4 Å². The molecular formula is C27H31N3O2. The number of phenols is 1. The van der Waals surface area contributed by atoms with E-state index in [0.717, 1.165) is 41.3 Å². The number of ketones is 1. The number of carbonyl (C=O) groups is 1. The molecule has 1 aromatic heterocycles. The normalized spacial score (nSPS) is 13.5. The van der Waals surface area contributed by atoms with Crippen LogP contribution in [-0.2, 0) is 12.8 Å². The number of hydrogen-bond acceptors (Lipinski definition) is 5. The maximum absolute atomic E-state index is 13.3. The molecule has 0 radical (unpaired) electrons. The summed E-state index contributed by atoms with van der Waals surface area (Å²) < 4.78 is 0. The van der Waals surface area contributed by atoms with Gasteiger partial charge in [0.05, 0.1) is 11.3 Å². The zero-order valence-electron chi connectivity index (χ0n) is 19.0. The number of rotatable bonds is 7. The minimum Gasteiger partial charge on any atom is -0.508 e. The average Bonchev–Trinajstić information content (AvgIpc) is 2.92. The number of anilines is 4. The van der Waals surface area contributed by atoms with Crippen LogP contribution in [0.4, 0.5) is 22.9 Å². The van der Waals surface area contributed by atoms with E-state index in [2.05, 4.69) is 47.7 Å². The van der Waals surface area contributed by atoms with Crippen LogP contribution in [-0.4, -0.2) is 15.9 Å². The summed E-state index contributed by atoms with van der Waals surface area (Å²) in [5.74, 6) is 1.51. The third kappa shape index (κ3) is 4.77. The zero-order chi connectivity index (χ0) is 22.7. The number of aromatic hydroxyl groups is 1. The maximum Gasteiger partial charge on any atom is 0.173 e. The maximum atomic E-state index is 13.3. The summed E-state index contributed by atoms with van der Waals surface area (Å²) >= 11 is 0. The summed E-state index contributed by atoms with van der Waals surface area (Å²) in [7, 11) is 0. The molecule has 1 atom stereocenters. The predicted molar refractivity (Wildman–Crippen MR) is 131 cm³/mol. The lowest BCUT2D eigenvalue weighted by molar-refractivity contribution is 0.0995. The average molecular weight is 430 g/mol. The van der Waals surface area contributed by atoms with Crippen LogP contribution in [0.3, 0.4) is 0 Å². The lowest BCUT2D eigenvalue weighted by Crippen LogP contribution is -2.08. The lowest BCUT2D eigenvalue weighted by atomic mass is 9.96. The molecule has 2 aromatic carbocycles. The van der Waals surface area contributed by atoms with Crippen molar-refractivity contribution >= 4 is 28.7 Å². The van der Waals surface area contributed by atoms with Crippen molar-refractivity contribution in [2.45, 2.75) is 52.9 Å². The second kappa shape index (κ2) is 9.43. The third-order valence-corrected chi connectivity index (χ3v) is 6.35. The Labute approximate surface area is 189 Å². The number of hydrogen-bond donors (Lipinski definition) is 3. The van der Waals surface area contributed by atoms with Gasteiger partial charge in [0.15, 0.2) is 5.78 Å². The highest BCUT2D eigenvalue weighted by molar-refractivity contribution is 6.09. The largest absolute Gasteiger partial charge is 0.508 e. The summed E-state index contributed by atoms with van der Waals surface area (Å²) in [6.45, 7) is 6.50. The molecule has 0 bridgehead atoms.